The molecule has 0 bridgehead atoms. The van der Waals surface area contributed by atoms with Crippen LogP contribution in [0.4, 0.5) is 5.13 Å². The van der Waals surface area contributed by atoms with Gasteiger partial charge in [0.1, 0.15) is 0 Å². The number of hydrogen-bond donors (Lipinski definition) is 1. The number of benzene rings is 4. The number of nitrogens with zero attached hydrogens (tertiary/aromatic N) is 2. The van der Waals surface area contributed by atoms with Crippen molar-refractivity contribution < 1.29 is 13.2 Å². The summed E-state index contributed by atoms with van der Waals surface area (Å²) in [4.78, 5) is 18.8. The van der Waals surface area contributed by atoms with Crippen molar-refractivity contribution in [1.29, 1.82) is 0 Å². The van der Waals surface area contributed by atoms with Gasteiger partial charge in [0.2, 0.25) is 10.0 Å². The zero-order valence-corrected chi connectivity index (χ0v) is 20.9. The Bertz CT molecular complexity index is 1670. The number of thiazole rings is 1. The Morgan fingerprint density at radius 1 is 0.889 bits per heavy atom. The lowest BCUT2D eigenvalue weighted by atomic mass is 10.0. The lowest BCUT2D eigenvalue weighted by Gasteiger charge is -2.17. The normalized spacial score (nSPS) is 12.2. The minimum atomic E-state index is -3.69. The van der Waals surface area contributed by atoms with Crippen molar-refractivity contribution >= 4 is 43.2 Å². The van der Waals surface area contributed by atoms with Crippen molar-refractivity contribution in [3.8, 4) is 21.7 Å². The second-order valence-corrected chi connectivity index (χ2v) is 11.7. The summed E-state index contributed by atoms with van der Waals surface area (Å²) in [7, 11) is -2.15. The molecule has 0 atom stereocenters. The van der Waals surface area contributed by atoms with Crippen LogP contribution in [0.25, 0.3) is 32.5 Å². The van der Waals surface area contributed by atoms with Gasteiger partial charge >= 0.3 is 0 Å². The van der Waals surface area contributed by atoms with E-state index in [2.05, 4.69) is 29.6 Å². The summed E-state index contributed by atoms with van der Waals surface area (Å²) in [5, 5.41) is 5.75. The molecule has 1 N–H and O–H groups in total. The van der Waals surface area contributed by atoms with Crippen LogP contribution in [0, 0.1) is 0 Å². The molecule has 0 radical (unpaired) electrons. The Kier molecular flexibility index (Phi) is 5.44. The Hall–Kier alpha value is -3.85. The first-order valence-electron chi connectivity index (χ1n) is 11.4. The molecule has 1 heterocycles. The molecule has 1 amide bonds. The third-order valence-electron chi connectivity index (χ3n) is 6.32. The second-order valence-electron chi connectivity index (χ2n) is 8.63. The predicted octanol–water partition coefficient (Wildman–Crippen LogP) is 6.02. The molecule has 178 valence electrons. The summed E-state index contributed by atoms with van der Waals surface area (Å²) >= 11 is 1.44. The highest BCUT2D eigenvalue weighted by molar-refractivity contribution is 7.89. The van der Waals surface area contributed by atoms with E-state index < -0.39 is 10.0 Å². The van der Waals surface area contributed by atoms with Gasteiger partial charge < -0.3 is 0 Å². The molecule has 4 aromatic carbocycles. The van der Waals surface area contributed by atoms with Gasteiger partial charge in [0.05, 0.1) is 15.5 Å². The summed E-state index contributed by atoms with van der Waals surface area (Å²) in [6, 6.07) is 27.7. The number of nitrogens with one attached hydrogen (secondary N) is 1. The van der Waals surface area contributed by atoms with Crippen LogP contribution in [0.1, 0.15) is 15.9 Å². The lowest BCUT2D eigenvalue weighted by Crippen LogP contribution is -2.26. The average molecular weight is 512 g/mol. The van der Waals surface area contributed by atoms with Crippen molar-refractivity contribution in [2.75, 3.05) is 12.4 Å². The van der Waals surface area contributed by atoms with Crippen molar-refractivity contribution in [2.45, 2.75) is 11.4 Å². The third kappa shape index (κ3) is 3.80. The van der Waals surface area contributed by atoms with Crippen molar-refractivity contribution in [1.82, 2.24) is 9.29 Å². The number of aromatic nitrogens is 1. The summed E-state index contributed by atoms with van der Waals surface area (Å²) in [5.74, 6) is -0.337. The van der Waals surface area contributed by atoms with Crippen LogP contribution in [0.2, 0.25) is 0 Å². The Morgan fingerprint density at radius 3 is 2.31 bits per heavy atom. The minimum absolute atomic E-state index is 0.135. The van der Waals surface area contributed by atoms with E-state index in [9.17, 15) is 13.2 Å². The van der Waals surface area contributed by atoms with Crippen LogP contribution in [0.5, 0.6) is 0 Å². The average Bonchev–Trinajstić information content (AvgIpc) is 3.44. The van der Waals surface area contributed by atoms with Gasteiger partial charge in [-0.05, 0) is 40.6 Å². The quantitative estimate of drug-likeness (QED) is 0.297. The molecule has 6 nitrogen and oxygen atoms in total. The van der Waals surface area contributed by atoms with E-state index in [1.807, 2.05) is 42.5 Å². The Morgan fingerprint density at radius 2 is 1.58 bits per heavy atom. The lowest BCUT2D eigenvalue weighted by molar-refractivity contribution is 0.102. The van der Waals surface area contributed by atoms with Gasteiger partial charge in [-0.25, -0.2) is 13.4 Å². The fourth-order valence-electron chi connectivity index (χ4n) is 4.52. The molecular weight excluding hydrogens is 490 g/mol. The summed E-state index contributed by atoms with van der Waals surface area (Å²) in [5.41, 5.74) is 4.34. The number of fused-ring (bicyclic) bond motifs is 3. The topological polar surface area (TPSA) is 79.4 Å². The third-order valence-corrected chi connectivity index (χ3v) is 9.15. The van der Waals surface area contributed by atoms with Crippen molar-refractivity contribution in [3.63, 3.8) is 0 Å². The number of rotatable bonds is 6. The summed E-state index contributed by atoms with van der Waals surface area (Å²) in [6.07, 6.45) is 0. The number of carbonyl (C=O) groups is 1. The van der Waals surface area contributed by atoms with Crippen molar-refractivity contribution in [2.24, 2.45) is 0 Å². The maximum atomic E-state index is 13.0. The van der Waals surface area contributed by atoms with Crippen LogP contribution in [0.15, 0.2) is 95.9 Å². The van der Waals surface area contributed by atoms with Gasteiger partial charge in [0, 0.05) is 30.3 Å². The molecule has 5 aromatic rings. The zero-order chi connectivity index (χ0) is 24.9. The molecule has 0 saturated heterocycles. The summed E-state index contributed by atoms with van der Waals surface area (Å²) < 4.78 is 27.3. The highest BCUT2D eigenvalue weighted by Gasteiger charge is 2.26. The molecule has 6 rings (SSSR count). The van der Waals surface area contributed by atoms with Gasteiger partial charge in [0.15, 0.2) is 5.13 Å². The van der Waals surface area contributed by atoms with Crippen LogP contribution in [-0.4, -0.2) is 30.7 Å². The van der Waals surface area contributed by atoms with E-state index in [0.717, 1.165) is 27.3 Å². The molecule has 0 aliphatic heterocycles. The first-order chi connectivity index (χ1) is 17.4. The van der Waals surface area contributed by atoms with E-state index in [1.54, 1.807) is 7.05 Å². The molecule has 8 heteroatoms. The van der Waals surface area contributed by atoms with Crippen LogP contribution in [-0.2, 0) is 16.6 Å². The SMILES string of the molecule is CN(Cc1ccccc1)S(=O)(=O)c1ccc(C(=O)Nc2nc3c(s2)-c2cccc4cccc-3c24)cc1. The molecule has 0 spiro atoms. The highest BCUT2D eigenvalue weighted by atomic mass is 32.2. The smallest absolute Gasteiger partial charge is 0.257 e. The maximum Gasteiger partial charge on any atom is 0.257 e. The molecule has 1 aromatic heterocycles. The molecule has 0 unspecified atom stereocenters. The standard InChI is InChI=1S/C28H21N3O3S2/c1-31(17-18-7-3-2-4-8-18)36(33,34)21-15-13-20(14-16-21)27(32)30-28-29-25-22-11-5-9-19-10-6-12-23(24(19)22)26(25)35-28/h2-16H,17H2,1H3,(H,29,30,32). The van der Waals surface area contributed by atoms with E-state index in [-0.39, 0.29) is 17.3 Å². The number of carbonyl (C=O) groups excluding carboxylic acids is 1. The largest absolute Gasteiger partial charge is 0.298 e. The minimum Gasteiger partial charge on any atom is -0.298 e. The zero-order valence-electron chi connectivity index (χ0n) is 19.3. The number of sulfonamides is 1. The van der Waals surface area contributed by atoms with Gasteiger partial charge in [-0.15, -0.1) is 0 Å². The fraction of sp³-hybridized carbons (Fsp3) is 0.0714. The molecule has 0 saturated carbocycles. The van der Waals surface area contributed by atoms with E-state index in [1.165, 1.54) is 50.7 Å². The number of anilines is 1. The first kappa shape index (κ1) is 22.6. The fourth-order valence-corrected chi connectivity index (χ4v) is 6.68. The predicted molar refractivity (Wildman–Crippen MR) is 144 cm³/mol. The molecular formula is C28H21N3O3S2. The van der Waals surface area contributed by atoms with E-state index in [4.69, 9.17) is 4.98 Å². The monoisotopic (exact) mass is 511 g/mol. The van der Waals surface area contributed by atoms with Crippen LogP contribution < -0.4 is 5.32 Å². The molecule has 36 heavy (non-hydrogen) atoms. The molecule has 1 aliphatic carbocycles. The number of amides is 1. The number of hydrogen-bond acceptors (Lipinski definition) is 5. The highest BCUT2D eigenvalue weighted by Crippen LogP contribution is 2.50. The van der Waals surface area contributed by atoms with Gasteiger partial charge in [-0.1, -0.05) is 78.1 Å². The maximum absolute atomic E-state index is 13.0. The van der Waals surface area contributed by atoms with Crippen LogP contribution >= 0.6 is 11.3 Å². The van der Waals surface area contributed by atoms with Crippen molar-refractivity contribution in [3.05, 3.63) is 102 Å². The second kappa shape index (κ2) is 8.67. The van der Waals surface area contributed by atoms with E-state index >= 15 is 0 Å². The summed E-state index contributed by atoms with van der Waals surface area (Å²) in [6.45, 7) is 0.261. The Labute approximate surface area is 212 Å². The van der Waals surface area contributed by atoms with Crippen LogP contribution in [0.3, 0.4) is 0 Å². The van der Waals surface area contributed by atoms with Gasteiger partial charge in [-0.2, -0.15) is 4.31 Å². The first-order valence-corrected chi connectivity index (χ1v) is 13.6. The van der Waals surface area contributed by atoms with Gasteiger partial charge in [-0.3, -0.25) is 10.1 Å². The van der Waals surface area contributed by atoms with Gasteiger partial charge in [0.25, 0.3) is 5.91 Å². The molecule has 0 fully saturated rings. The molecule has 1 aliphatic rings. The van der Waals surface area contributed by atoms with E-state index in [0.29, 0.717) is 10.7 Å². The Balaban J connectivity index is 1.20.